The monoisotopic (exact) mass is 259 g/mol. The van der Waals surface area contributed by atoms with Gasteiger partial charge < -0.3 is 5.32 Å². The Morgan fingerprint density at radius 3 is 2.21 bits per heavy atom. The summed E-state index contributed by atoms with van der Waals surface area (Å²) in [5, 5.41) is 3.66. The second kappa shape index (κ2) is 5.66. The number of benzene rings is 1. The molecule has 1 nitrogen and oxygen atoms in total. The van der Waals surface area contributed by atoms with Gasteiger partial charge in [-0.05, 0) is 47.8 Å². The molecule has 1 heteroatoms. The summed E-state index contributed by atoms with van der Waals surface area (Å²) < 4.78 is 0. The van der Waals surface area contributed by atoms with Crippen LogP contribution in [0.1, 0.15) is 64.6 Å². The van der Waals surface area contributed by atoms with Gasteiger partial charge in [0.15, 0.2) is 0 Å². The molecule has 106 valence electrons. The van der Waals surface area contributed by atoms with Gasteiger partial charge in [0, 0.05) is 6.04 Å². The quantitative estimate of drug-likeness (QED) is 0.782. The molecule has 1 saturated carbocycles. The Morgan fingerprint density at radius 1 is 1.21 bits per heavy atom. The van der Waals surface area contributed by atoms with Gasteiger partial charge in [-0.15, -0.1) is 0 Å². The minimum absolute atomic E-state index is 0.291. The van der Waals surface area contributed by atoms with Gasteiger partial charge in [0.1, 0.15) is 0 Å². The number of hydrogen-bond donors (Lipinski definition) is 1. The van der Waals surface area contributed by atoms with E-state index in [1.807, 2.05) is 0 Å². The average molecular weight is 259 g/mol. The van der Waals surface area contributed by atoms with E-state index in [4.69, 9.17) is 0 Å². The van der Waals surface area contributed by atoms with Crippen molar-refractivity contribution in [3.8, 4) is 0 Å². The van der Waals surface area contributed by atoms with Crippen LogP contribution in [0.25, 0.3) is 0 Å². The van der Waals surface area contributed by atoms with Gasteiger partial charge in [-0.2, -0.15) is 0 Å². The zero-order valence-corrected chi connectivity index (χ0v) is 13.2. The molecule has 0 heterocycles. The molecule has 1 aromatic rings. The minimum Gasteiger partial charge on any atom is -0.310 e. The average Bonchev–Trinajstić information content (AvgIpc) is 3.13. The lowest BCUT2D eigenvalue weighted by Crippen LogP contribution is -2.23. The molecule has 0 bridgehead atoms. The maximum Gasteiger partial charge on any atom is 0.0351 e. The number of rotatable bonds is 6. The van der Waals surface area contributed by atoms with Crippen LogP contribution in [-0.4, -0.2) is 6.54 Å². The van der Waals surface area contributed by atoms with Crippen molar-refractivity contribution in [2.75, 3.05) is 6.54 Å². The van der Waals surface area contributed by atoms with E-state index in [0.717, 1.165) is 18.4 Å². The third kappa shape index (κ3) is 3.20. The van der Waals surface area contributed by atoms with Gasteiger partial charge in [-0.1, -0.05) is 58.9 Å². The lowest BCUT2D eigenvalue weighted by Gasteiger charge is -2.25. The lowest BCUT2D eigenvalue weighted by molar-refractivity contribution is 0.473. The summed E-state index contributed by atoms with van der Waals surface area (Å²) in [5.41, 5.74) is 3.21. The molecule has 0 aromatic heterocycles. The van der Waals surface area contributed by atoms with Gasteiger partial charge in [-0.3, -0.25) is 0 Å². The summed E-state index contributed by atoms with van der Waals surface area (Å²) in [7, 11) is 0. The Balaban J connectivity index is 2.16. The van der Waals surface area contributed by atoms with E-state index in [1.54, 1.807) is 0 Å². The number of nitrogens with one attached hydrogen (secondary N) is 1. The molecule has 0 spiro atoms. The van der Waals surface area contributed by atoms with Crippen LogP contribution in [0.4, 0.5) is 0 Å². The molecule has 1 aliphatic rings. The van der Waals surface area contributed by atoms with E-state index in [0.29, 0.717) is 11.5 Å². The van der Waals surface area contributed by atoms with Crippen molar-refractivity contribution in [1.82, 2.24) is 5.32 Å². The molecule has 1 aliphatic carbocycles. The van der Waals surface area contributed by atoms with Gasteiger partial charge in [0.25, 0.3) is 0 Å². The SMILES string of the molecule is CCNC(c1ccc(C(C)(C)CC)cc1)C1CC1C. The largest absolute Gasteiger partial charge is 0.310 e. The standard InChI is InChI=1S/C18H29N/c1-6-18(4,5)15-10-8-14(9-11-15)17(19-7-2)16-12-13(16)3/h8-11,13,16-17,19H,6-7,12H2,1-5H3. The van der Waals surface area contributed by atoms with Crippen molar-refractivity contribution < 1.29 is 0 Å². The van der Waals surface area contributed by atoms with E-state index >= 15 is 0 Å². The third-order valence-corrected chi connectivity index (χ3v) is 4.96. The van der Waals surface area contributed by atoms with E-state index in [9.17, 15) is 0 Å². The third-order valence-electron chi connectivity index (χ3n) is 4.96. The van der Waals surface area contributed by atoms with Crippen molar-refractivity contribution in [3.05, 3.63) is 35.4 Å². The van der Waals surface area contributed by atoms with Crippen LogP contribution in [-0.2, 0) is 5.41 Å². The molecular weight excluding hydrogens is 230 g/mol. The fraction of sp³-hybridized carbons (Fsp3) is 0.667. The first-order valence-corrected chi connectivity index (χ1v) is 7.83. The van der Waals surface area contributed by atoms with Crippen LogP contribution in [0.15, 0.2) is 24.3 Å². The first kappa shape index (κ1) is 14.6. The van der Waals surface area contributed by atoms with Gasteiger partial charge >= 0.3 is 0 Å². The maximum atomic E-state index is 3.66. The molecule has 2 rings (SSSR count). The molecule has 19 heavy (non-hydrogen) atoms. The highest BCUT2D eigenvalue weighted by Gasteiger charge is 2.39. The van der Waals surface area contributed by atoms with E-state index in [-0.39, 0.29) is 0 Å². The summed E-state index contributed by atoms with van der Waals surface area (Å²) in [5.74, 6) is 1.72. The molecule has 3 atom stereocenters. The second-order valence-corrected chi connectivity index (χ2v) is 6.77. The Bertz CT molecular complexity index is 404. The van der Waals surface area contributed by atoms with Crippen molar-refractivity contribution >= 4 is 0 Å². The molecule has 1 aromatic carbocycles. The van der Waals surface area contributed by atoms with Crippen molar-refractivity contribution in [1.29, 1.82) is 0 Å². The molecule has 0 saturated heterocycles. The highest BCUT2D eigenvalue weighted by atomic mass is 14.9. The van der Waals surface area contributed by atoms with E-state index < -0.39 is 0 Å². The maximum absolute atomic E-state index is 3.66. The predicted octanol–water partition coefficient (Wildman–Crippen LogP) is 4.68. The highest BCUT2D eigenvalue weighted by Crippen LogP contribution is 2.47. The van der Waals surface area contributed by atoms with Crippen molar-refractivity contribution in [2.24, 2.45) is 11.8 Å². The Hall–Kier alpha value is -0.820. The van der Waals surface area contributed by atoms with Crippen LogP contribution in [0, 0.1) is 11.8 Å². The molecule has 0 radical (unpaired) electrons. The molecule has 3 unspecified atom stereocenters. The van der Waals surface area contributed by atoms with Crippen molar-refractivity contribution in [3.63, 3.8) is 0 Å². The van der Waals surface area contributed by atoms with Gasteiger partial charge in [0.05, 0.1) is 0 Å². The first-order valence-electron chi connectivity index (χ1n) is 7.83. The molecule has 0 aliphatic heterocycles. The second-order valence-electron chi connectivity index (χ2n) is 6.77. The van der Waals surface area contributed by atoms with Crippen LogP contribution < -0.4 is 5.32 Å². The minimum atomic E-state index is 0.291. The van der Waals surface area contributed by atoms with Gasteiger partial charge in [0.2, 0.25) is 0 Å². The zero-order chi connectivity index (χ0) is 14.0. The highest BCUT2D eigenvalue weighted by molar-refractivity contribution is 5.30. The van der Waals surface area contributed by atoms with E-state index in [2.05, 4.69) is 64.2 Å². The molecule has 0 amide bonds. The van der Waals surface area contributed by atoms with Crippen LogP contribution >= 0.6 is 0 Å². The smallest absolute Gasteiger partial charge is 0.0351 e. The fourth-order valence-electron chi connectivity index (χ4n) is 2.90. The summed E-state index contributed by atoms with van der Waals surface area (Å²) in [6.07, 6.45) is 2.56. The predicted molar refractivity (Wildman–Crippen MR) is 83.4 cm³/mol. The lowest BCUT2D eigenvalue weighted by atomic mass is 9.81. The summed E-state index contributed by atoms with van der Waals surface area (Å²) in [6.45, 7) is 12.5. The number of hydrogen-bond acceptors (Lipinski definition) is 1. The molecular formula is C18H29N. The van der Waals surface area contributed by atoms with E-state index in [1.165, 1.54) is 24.0 Å². The normalized spacial score (nSPS) is 24.3. The zero-order valence-electron chi connectivity index (χ0n) is 13.2. The Labute approximate surface area is 118 Å². The Morgan fingerprint density at radius 2 is 1.79 bits per heavy atom. The fourth-order valence-corrected chi connectivity index (χ4v) is 2.90. The summed E-state index contributed by atoms with van der Waals surface area (Å²) in [4.78, 5) is 0. The summed E-state index contributed by atoms with van der Waals surface area (Å²) >= 11 is 0. The topological polar surface area (TPSA) is 12.0 Å². The Kier molecular flexibility index (Phi) is 4.35. The molecule has 1 N–H and O–H groups in total. The summed E-state index contributed by atoms with van der Waals surface area (Å²) in [6, 6.07) is 9.89. The first-order chi connectivity index (χ1) is 8.99. The van der Waals surface area contributed by atoms with Crippen LogP contribution in [0.2, 0.25) is 0 Å². The van der Waals surface area contributed by atoms with Crippen LogP contribution in [0.5, 0.6) is 0 Å². The van der Waals surface area contributed by atoms with Crippen molar-refractivity contribution in [2.45, 2.75) is 58.9 Å². The van der Waals surface area contributed by atoms with Crippen LogP contribution in [0.3, 0.4) is 0 Å². The molecule has 1 fully saturated rings. The van der Waals surface area contributed by atoms with Gasteiger partial charge in [-0.25, -0.2) is 0 Å².